The summed E-state index contributed by atoms with van der Waals surface area (Å²) < 4.78 is 3.60. The highest BCUT2D eigenvalue weighted by Gasteiger charge is 2.69. The molecule has 1 aliphatic rings. The lowest BCUT2D eigenvalue weighted by molar-refractivity contribution is -0.384. The normalized spacial score (nSPS) is 20.3. The number of nitrogens with one attached hydrogen (secondary N) is 2. The molecule has 2 N–H and O–H groups in total. The molecule has 0 aliphatic heterocycles. The lowest BCUT2D eigenvalue weighted by Crippen LogP contribution is -2.44. The van der Waals surface area contributed by atoms with Crippen molar-refractivity contribution in [1.82, 2.24) is 10.9 Å². The van der Waals surface area contributed by atoms with Crippen molar-refractivity contribution in [2.45, 2.75) is 17.7 Å². The van der Waals surface area contributed by atoms with E-state index in [4.69, 9.17) is 27.9 Å². The molecule has 1 aromatic rings. The third-order valence-electron chi connectivity index (χ3n) is 3.70. The molecule has 0 heterocycles. The number of hydrazine groups is 1. The number of nitro groups is 1. The van der Waals surface area contributed by atoms with E-state index in [1.807, 2.05) is 0 Å². The molecule has 11 heteroatoms. The standard InChI is InChI=1S/C14H13Cl2N3O6/c1-13(7-14(13,15)16)12(22)25-6-10(20)17-18-11(21)8-2-4-9(5-3-8)19(23)24/h2-5H,6-7H2,1H3,(H,17,20)(H,18,21). The van der Waals surface area contributed by atoms with Gasteiger partial charge in [0.05, 0.1) is 4.92 Å². The zero-order valence-corrected chi connectivity index (χ0v) is 14.4. The summed E-state index contributed by atoms with van der Waals surface area (Å²) in [6.45, 7) is 0.891. The molecule has 1 aromatic carbocycles. The summed E-state index contributed by atoms with van der Waals surface area (Å²) in [5.41, 5.74) is 3.01. The average Bonchev–Trinajstić information content (AvgIpc) is 3.09. The molecule has 0 saturated heterocycles. The van der Waals surface area contributed by atoms with Crippen molar-refractivity contribution in [3.63, 3.8) is 0 Å². The number of ether oxygens (including phenoxy) is 1. The largest absolute Gasteiger partial charge is 0.455 e. The van der Waals surface area contributed by atoms with Gasteiger partial charge in [-0.2, -0.15) is 0 Å². The summed E-state index contributed by atoms with van der Waals surface area (Å²) in [7, 11) is 0. The first-order chi connectivity index (χ1) is 11.6. The number of benzene rings is 1. The van der Waals surface area contributed by atoms with Crippen LogP contribution in [0.2, 0.25) is 0 Å². The van der Waals surface area contributed by atoms with Crippen LogP contribution in [-0.4, -0.2) is 33.6 Å². The highest BCUT2D eigenvalue weighted by atomic mass is 35.5. The Labute approximate surface area is 151 Å². The van der Waals surface area contributed by atoms with Gasteiger partial charge < -0.3 is 4.74 Å². The summed E-state index contributed by atoms with van der Waals surface area (Å²) in [5.74, 6) is -2.18. The molecule has 0 radical (unpaired) electrons. The van der Waals surface area contributed by atoms with Gasteiger partial charge in [-0.25, -0.2) is 0 Å². The van der Waals surface area contributed by atoms with Crippen LogP contribution < -0.4 is 10.9 Å². The number of alkyl halides is 2. The minimum Gasteiger partial charge on any atom is -0.455 e. The third-order valence-corrected chi connectivity index (χ3v) is 4.80. The highest BCUT2D eigenvalue weighted by molar-refractivity contribution is 6.53. The second kappa shape index (κ2) is 6.85. The van der Waals surface area contributed by atoms with Crippen molar-refractivity contribution in [2.75, 3.05) is 6.61 Å². The van der Waals surface area contributed by atoms with Gasteiger partial charge >= 0.3 is 5.97 Å². The number of halogens is 2. The Morgan fingerprint density at radius 2 is 1.80 bits per heavy atom. The van der Waals surface area contributed by atoms with Crippen LogP contribution in [0.15, 0.2) is 24.3 Å². The molecule has 2 rings (SSSR count). The van der Waals surface area contributed by atoms with Crippen molar-refractivity contribution in [1.29, 1.82) is 0 Å². The van der Waals surface area contributed by atoms with Crippen molar-refractivity contribution in [3.8, 4) is 0 Å². The van der Waals surface area contributed by atoms with E-state index in [0.29, 0.717) is 0 Å². The molecule has 1 saturated carbocycles. The zero-order chi connectivity index (χ0) is 18.8. The number of nitro benzene ring substituents is 1. The molecule has 1 fully saturated rings. The summed E-state index contributed by atoms with van der Waals surface area (Å²) in [6, 6.07) is 4.76. The fourth-order valence-corrected chi connectivity index (χ4v) is 2.57. The summed E-state index contributed by atoms with van der Waals surface area (Å²) >= 11 is 11.6. The summed E-state index contributed by atoms with van der Waals surface area (Å²) in [4.78, 5) is 45.1. The minimum atomic E-state index is -1.20. The van der Waals surface area contributed by atoms with Gasteiger partial charge in [-0.15, -0.1) is 23.2 Å². The Bertz CT molecular complexity index is 737. The van der Waals surface area contributed by atoms with Crippen LogP contribution in [0.25, 0.3) is 0 Å². The number of hydrogen-bond donors (Lipinski definition) is 2. The lowest BCUT2D eigenvalue weighted by Gasteiger charge is -2.12. The van der Waals surface area contributed by atoms with Gasteiger partial charge in [0.2, 0.25) is 0 Å². The van der Waals surface area contributed by atoms with Crippen LogP contribution in [0.1, 0.15) is 23.7 Å². The van der Waals surface area contributed by atoms with Crippen LogP contribution in [0.5, 0.6) is 0 Å². The maximum absolute atomic E-state index is 11.8. The molecular formula is C14H13Cl2N3O6. The van der Waals surface area contributed by atoms with Crippen molar-refractivity contribution in [3.05, 3.63) is 39.9 Å². The number of non-ortho nitro benzene ring substituents is 1. The molecule has 1 atom stereocenters. The van der Waals surface area contributed by atoms with Gasteiger partial charge in [0.15, 0.2) is 6.61 Å². The fourth-order valence-electron chi connectivity index (χ4n) is 1.88. The van der Waals surface area contributed by atoms with Crippen LogP contribution in [-0.2, 0) is 14.3 Å². The number of carbonyl (C=O) groups is 3. The Kier molecular flexibility index (Phi) is 5.19. The number of nitrogens with zero attached hydrogens (tertiary/aromatic N) is 1. The Hall–Kier alpha value is -2.39. The molecule has 2 amide bonds. The molecule has 1 aliphatic carbocycles. The highest BCUT2D eigenvalue weighted by Crippen LogP contribution is 2.64. The van der Waals surface area contributed by atoms with Gasteiger partial charge in [0.1, 0.15) is 9.75 Å². The lowest BCUT2D eigenvalue weighted by atomic mass is 10.1. The summed E-state index contributed by atoms with van der Waals surface area (Å²) in [6.07, 6.45) is 0.223. The predicted octanol–water partition coefficient (Wildman–Crippen LogP) is 1.48. The van der Waals surface area contributed by atoms with Crippen molar-refractivity contribution < 1.29 is 24.0 Å². The quantitative estimate of drug-likeness (QED) is 0.339. The molecule has 134 valence electrons. The minimum absolute atomic E-state index is 0.0995. The number of hydrogen-bond acceptors (Lipinski definition) is 6. The van der Waals surface area contributed by atoms with Crippen LogP contribution in [0, 0.1) is 15.5 Å². The number of carbonyl (C=O) groups excluding carboxylic acids is 3. The average molecular weight is 390 g/mol. The van der Waals surface area contributed by atoms with Crippen LogP contribution >= 0.6 is 23.2 Å². The molecule has 25 heavy (non-hydrogen) atoms. The van der Waals surface area contributed by atoms with E-state index in [-0.39, 0.29) is 17.7 Å². The Balaban J connectivity index is 1.77. The number of esters is 1. The molecule has 0 spiro atoms. The molecular weight excluding hydrogens is 377 g/mol. The second-order valence-electron chi connectivity index (χ2n) is 5.60. The van der Waals surface area contributed by atoms with Gasteiger partial charge in [-0.1, -0.05) is 0 Å². The van der Waals surface area contributed by atoms with E-state index in [9.17, 15) is 24.5 Å². The van der Waals surface area contributed by atoms with Crippen LogP contribution in [0.4, 0.5) is 5.69 Å². The van der Waals surface area contributed by atoms with Gasteiger partial charge in [0, 0.05) is 24.1 Å². The van der Waals surface area contributed by atoms with E-state index in [1.165, 1.54) is 19.1 Å². The van der Waals surface area contributed by atoms with Gasteiger partial charge in [0.25, 0.3) is 17.5 Å². The topological polar surface area (TPSA) is 128 Å². The Morgan fingerprint density at radius 3 is 2.28 bits per heavy atom. The maximum atomic E-state index is 11.8. The first kappa shape index (κ1) is 18.9. The fraction of sp³-hybridized carbons (Fsp3) is 0.357. The second-order valence-corrected chi connectivity index (χ2v) is 7.08. The number of amides is 2. The summed E-state index contributed by atoms with van der Waals surface area (Å²) in [5, 5.41) is 10.5. The maximum Gasteiger partial charge on any atom is 0.315 e. The van der Waals surface area contributed by atoms with Crippen molar-refractivity contribution >= 4 is 46.7 Å². The Morgan fingerprint density at radius 1 is 1.24 bits per heavy atom. The molecule has 9 nitrogen and oxygen atoms in total. The smallest absolute Gasteiger partial charge is 0.315 e. The van der Waals surface area contributed by atoms with E-state index in [2.05, 4.69) is 10.9 Å². The SMILES string of the molecule is CC1(C(=O)OCC(=O)NNC(=O)c2ccc([N+](=O)[O-])cc2)CC1(Cl)Cl. The third kappa shape index (κ3) is 4.18. The number of rotatable bonds is 5. The predicted molar refractivity (Wildman–Crippen MR) is 86.8 cm³/mol. The van der Waals surface area contributed by atoms with E-state index in [0.717, 1.165) is 12.1 Å². The molecule has 1 unspecified atom stereocenters. The van der Waals surface area contributed by atoms with E-state index >= 15 is 0 Å². The van der Waals surface area contributed by atoms with Gasteiger partial charge in [-0.3, -0.25) is 35.3 Å². The molecule has 0 aromatic heterocycles. The van der Waals surface area contributed by atoms with E-state index < -0.39 is 39.1 Å². The first-order valence-corrected chi connectivity index (χ1v) is 7.71. The van der Waals surface area contributed by atoms with Gasteiger partial charge in [-0.05, 0) is 19.1 Å². The first-order valence-electron chi connectivity index (χ1n) is 6.95. The van der Waals surface area contributed by atoms with E-state index in [1.54, 1.807) is 0 Å². The molecule has 0 bridgehead atoms. The van der Waals surface area contributed by atoms with Crippen LogP contribution in [0.3, 0.4) is 0 Å². The zero-order valence-electron chi connectivity index (χ0n) is 12.9. The van der Waals surface area contributed by atoms with Crippen molar-refractivity contribution in [2.24, 2.45) is 5.41 Å². The monoisotopic (exact) mass is 389 g/mol.